The molecule has 0 fully saturated rings. The van der Waals surface area contributed by atoms with Crippen LogP contribution in [0, 0.1) is 0 Å². The van der Waals surface area contributed by atoms with Crippen LogP contribution >= 0.6 is 27.3 Å². The van der Waals surface area contributed by atoms with Crippen LogP contribution in [-0.4, -0.2) is 11.0 Å². The highest BCUT2D eigenvalue weighted by atomic mass is 79.9. The Hall–Kier alpha value is -0.710. The molecule has 18 heavy (non-hydrogen) atoms. The second-order valence-corrected chi connectivity index (χ2v) is 6.33. The zero-order valence-electron chi connectivity index (χ0n) is 10.6. The molecule has 0 unspecified atom stereocenters. The third-order valence-electron chi connectivity index (χ3n) is 2.81. The van der Waals surface area contributed by atoms with E-state index >= 15 is 0 Å². The number of halogens is 1. The highest BCUT2D eigenvalue weighted by molar-refractivity contribution is 9.10. The molecule has 2 rings (SSSR count). The van der Waals surface area contributed by atoms with Crippen LogP contribution in [0.25, 0.3) is 0 Å². The van der Waals surface area contributed by atoms with Crippen molar-refractivity contribution in [1.82, 2.24) is 10.3 Å². The molecule has 0 bridgehead atoms. The number of hydrogen-bond donors (Lipinski definition) is 1. The van der Waals surface area contributed by atoms with E-state index < -0.39 is 0 Å². The normalized spacial score (nSPS) is 14.4. The van der Waals surface area contributed by atoms with Gasteiger partial charge in [-0.1, -0.05) is 28.1 Å². The molecule has 0 radical (unpaired) electrons. The molecule has 2 atom stereocenters. The largest absolute Gasteiger partial charge is 0.305 e. The summed E-state index contributed by atoms with van der Waals surface area (Å²) in [5.74, 6) is 0. The smallest absolute Gasteiger partial charge is 0.109 e. The average Bonchev–Trinajstić information content (AvgIpc) is 2.85. The van der Waals surface area contributed by atoms with Crippen molar-refractivity contribution < 1.29 is 0 Å². The molecule has 0 saturated carbocycles. The molecule has 0 aliphatic carbocycles. The summed E-state index contributed by atoms with van der Waals surface area (Å²) in [6.07, 6.45) is 2.89. The second kappa shape index (κ2) is 6.45. The van der Waals surface area contributed by atoms with Gasteiger partial charge < -0.3 is 5.32 Å². The van der Waals surface area contributed by atoms with E-state index in [4.69, 9.17) is 0 Å². The highest BCUT2D eigenvalue weighted by Crippen LogP contribution is 2.17. The van der Waals surface area contributed by atoms with Crippen molar-refractivity contribution in [3.8, 4) is 0 Å². The number of aromatic nitrogens is 1. The van der Waals surface area contributed by atoms with Gasteiger partial charge in [0.1, 0.15) is 5.01 Å². The van der Waals surface area contributed by atoms with E-state index in [0.29, 0.717) is 12.1 Å². The molecule has 1 aromatic heterocycles. The van der Waals surface area contributed by atoms with E-state index in [9.17, 15) is 0 Å². The summed E-state index contributed by atoms with van der Waals surface area (Å²) in [6, 6.07) is 9.26. The summed E-state index contributed by atoms with van der Waals surface area (Å²) in [4.78, 5) is 4.34. The Balaban J connectivity index is 1.88. The molecule has 0 saturated heterocycles. The first-order chi connectivity index (χ1) is 8.65. The van der Waals surface area contributed by atoms with Crippen molar-refractivity contribution in [3.63, 3.8) is 0 Å². The van der Waals surface area contributed by atoms with E-state index in [1.54, 1.807) is 11.3 Å². The predicted molar refractivity (Wildman–Crippen MR) is 81.0 cm³/mol. The third-order valence-corrected chi connectivity index (χ3v) is 4.30. The fourth-order valence-electron chi connectivity index (χ4n) is 1.98. The standard InChI is InChI=1S/C14H17BrN2S/c1-10(9-12-3-5-13(15)6-4-12)17-11(2)14-16-7-8-18-14/h3-8,10-11,17H,9H2,1-2H3/t10-,11-/m0/s1. The highest BCUT2D eigenvalue weighted by Gasteiger charge is 2.11. The van der Waals surface area contributed by atoms with Gasteiger partial charge in [-0.05, 0) is 38.0 Å². The summed E-state index contributed by atoms with van der Waals surface area (Å²) < 4.78 is 1.13. The Bertz CT molecular complexity index is 467. The summed E-state index contributed by atoms with van der Waals surface area (Å²) in [7, 11) is 0. The van der Waals surface area contributed by atoms with Crippen LogP contribution in [-0.2, 0) is 6.42 Å². The zero-order valence-corrected chi connectivity index (χ0v) is 13.0. The summed E-state index contributed by atoms with van der Waals surface area (Å²) >= 11 is 5.16. The maximum absolute atomic E-state index is 4.34. The predicted octanol–water partition coefficient (Wildman–Crippen LogP) is 4.19. The summed E-state index contributed by atoms with van der Waals surface area (Å²) in [5.41, 5.74) is 1.35. The molecule has 2 aromatic rings. The Morgan fingerprint density at radius 1 is 1.28 bits per heavy atom. The number of rotatable bonds is 5. The number of benzene rings is 1. The first-order valence-electron chi connectivity index (χ1n) is 6.05. The van der Waals surface area contributed by atoms with Crippen molar-refractivity contribution >= 4 is 27.3 Å². The molecule has 1 aromatic carbocycles. The van der Waals surface area contributed by atoms with E-state index in [0.717, 1.165) is 15.9 Å². The van der Waals surface area contributed by atoms with Gasteiger partial charge in [-0.3, -0.25) is 0 Å². The van der Waals surface area contributed by atoms with Crippen LogP contribution in [0.3, 0.4) is 0 Å². The van der Waals surface area contributed by atoms with Crippen molar-refractivity contribution in [2.45, 2.75) is 32.4 Å². The number of nitrogens with zero attached hydrogens (tertiary/aromatic N) is 1. The molecule has 1 heterocycles. The molecule has 0 amide bonds. The maximum atomic E-state index is 4.34. The minimum Gasteiger partial charge on any atom is -0.305 e. The zero-order chi connectivity index (χ0) is 13.0. The second-order valence-electron chi connectivity index (χ2n) is 4.49. The van der Waals surface area contributed by atoms with Gasteiger partial charge in [0.15, 0.2) is 0 Å². The van der Waals surface area contributed by atoms with Gasteiger partial charge in [0.05, 0.1) is 6.04 Å². The quantitative estimate of drug-likeness (QED) is 0.892. The minimum atomic E-state index is 0.315. The van der Waals surface area contributed by atoms with Gasteiger partial charge in [0, 0.05) is 22.1 Å². The Morgan fingerprint density at radius 3 is 2.61 bits per heavy atom. The van der Waals surface area contributed by atoms with Crippen LogP contribution < -0.4 is 5.32 Å². The molecule has 96 valence electrons. The third kappa shape index (κ3) is 3.90. The van der Waals surface area contributed by atoms with Crippen LogP contribution in [0.4, 0.5) is 0 Å². The van der Waals surface area contributed by atoms with Crippen LogP contribution in [0.15, 0.2) is 40.3 Å². The minimum absolute atomic E-state index is 0.315. The topological polar surface area (TPSA) is 24.9 Å². The van der Waals surface area contributed by atoms with Gasteiger partial charge in [-0.25, -0.2) is 4.98 Å². The van der Waals surface area contributed by atoms with Crippen molar-refractivity contribution in [3.05, 3.63) is 50.9 Å². The van der Waals surface area contributed by atoms with Crippen LogP contribution in [0.5, 0.6) is 0 Å². The lowest BCUT2D eigenvalue weighted by Gasteiger charge is -2.18. The van der Waals surface area contributed by atoms with Crippen molar-refractivity contribution in [1.29, 1.82) is 0 Å². The molecule has 2 nitrogen and oxygen atoms in total. The summed E-state index contributed by atoms with van der Waals surface area (Å²) in [5, 5.41) is 6.75. The van der Waals surface area contributed by atoms with Gasteiger partial charge >= 0.3 is 0 Å². The SMILES string of the molecule is C[C@H](N[C@@H](C)Cc1ccc(Br)cc1)c1nccs1. The number of nitrogens with one attached hydrogen (secondary N) is 1. The van der Waals surface area contributed by atoms with Crippen LogP contribution in [0.2, 0.25) is 0 Å². The van der Waals surface area contributed by atoms with Gasteiger partial charge in [-0.15, -0.1) is 11.3 Å². The van der Waals surface area contributed by atoms with Gasteiger partial charge in [0.2, 0.25) is 0 Å². The number of hydrogen-bond acceptors (Lipinski definition) is 3. The van der Waals surface area contributed by atoms with Crippen molar-refractivity contribution in [2.24, 2.45) is 0 Å². The molecule has 4 heteroatoms. The molecule has 1 N–H and O–H groups in total. The van der Waals surface area contributed by atoms with E-state index in [1.165, 1.54) is 5.56 Å². The van der Waals surface area contributed by atoms with E-state index in [1.807, 2.05) is 11.6 Å². The van der Waals surface area contributed by atoms with E-state index in [-0.39, 0.29) is 0 Å². The maximum Gasteiger partial charge on any atom is 0.109 e. The molecular formula is C14H17BrN2S. The molecule has 0 aliphatic rings. The van der Waals surface area contributed by atoms with Crippen molar-refractivity contribution in [2.75, 3.05) is 0 Å². The first kappa shape index (κ1) is 13.7. The van der Waals surface area contributed by atoms with E-state index in [2.05, 4.69) is 64.3 Å². The summed E-state index contributed by atoms with van der Waals surface area (Å²) in [6.45, 7) is 4.38. The Labute approximate surface area is 121 Å². The monoisotopic (exact) mass is 324 g/mol. The Morgan fingerprint density at radius 2 is 2.00 bits per heavy atom. The average molecular weight is 325 g/mol. The Kier molecular flexibility index (Phi) is 4.92. The van der Waals surface area contributed by atoms with Gasteiger partial charge in [-0.2, -0.15) is 0 Å². The van der Waals surface area contributed by atoms with Gasteiger partial charge in [0.25, 0.3) is 0 Å². The fourth-order valence-corrected chi connectivity index (χ4v) is 2.90. The lowest BCUT2D eigenvalue weighted by atomic mass is 10.1. The first-order valence-corrected chi connectivity index (χ1v) is 7.72. The lowest BCUT2D eigenvalue weighted by molar-refractivity contribution is 0.476. The lowest BCUT2D eigenvalue weighted by Crippen LogP contribution is -2.30. The molecule has 0 aliphatic heterocycles. The fraction of sp³-hybridized carbons (Fsp3) is 0.357. The van der Waals surface area contributed by atoms with Crippen LogP contribution in [0.1, 0.15) is 30.5 Å². The molecular weight excluding hydrogens is 308 g/mol. The molecule has 0 spiro atoms. The number of thiazole rings is 1.